The molecule has 1 aliphatic carbocycles. The zero-order valence-corrected chi connectivity index (χ0v) is 17.9. The van der Waals surface area contributed by atoms with Crippen molar-refractivity contribution in [3.05, 3.63) is 29.8 Å². The summed E-state index contributed by atoms with van der Waals surface area (Å²) in [5.41, 5.74) is 0.892. The van der Waals surface area contributed by atoms with E-state index in [9.17, 15) is 9.59 Å². The van der Waals surface area contributed by atoms with Crippen molar-refractivity contribution < 1.29 is 14.3 Å². The first-order valence-electron chi connectivity index (χ1n) is 11.2. The van der Waals surface area contributed by atoms with Crippen molar-refractivity contribution >= 4 is 11.8 Å². The molecule has 0 bridgehead atoms. The van der Waals surface area contributed by atoms with E-state index in [1.165, 1.54) is 19.3 Å². The molecule has 1 saturated heterocycles. The maximum Gasteiger partial charge on any atom is 0.225 e. The number of benzene rings is 1. The second kappa shape index (κ2) is 8.37. The highest BCUT2D eigenvalue weighted by Crippen LogP contribution is 2.46. The minimum atomic E-state index is -0.255. The first-order chi connectivity index (χ1) is 14.0. The van der Waals surface area contributed by atoms with Crippen molar-refractivity contribution in [2.75, 3.05) is 27.2 Å². The number of nitrogens with zero attached hydrogens (tertiary/aromatic N) is 2. The third-order valence-electron chi connectivity index (χ3n) is 7.16. The third kappa shape index (κ3) is 4.29. The highest BCUT2D eigenvalue weighted by atomic mass is 16.5. The van der Waals surface area contributed by atoms with Crippen LogP contribution in [0.2, 0.25) is 0 Å². The van der Waals surface area contributed by atoms with E-state index in [4.69, 9.17) is 4.74 Å². The van der Waals surface area contributed by atoms with Crippen molar-refractivity contribution in [3.8, 4) is 5.75 Å². The molecule has 1 atom stereocenters. The fourth-order valence-corrected chi connectivity index (χ4v) is 5.37. The summed E-state index contributed by atoms with van der Waals surface area (Å²) in [6, 6.07) is 8.16. The van der Waals surface area contributed by atoms with Crippen molar-refractivity contribution in [2.45, 2.75) is 69.3 Å². The number of rotatable bonds is 3. The normalized spacial score (nSPS) is 23.9. The lowest BCUT2D eigenvalue weighted by Gasteiger charge is -2.47. The predicted molar refractivity (Wildman–Crippen MR) is 113 cm³/mol. The van der Waals surface area contributed by atoms with Gasteiger partial charge in [-0.05, 0) is 30.9 Å². The van der Waals surface area contributed by atoms with Gasteiger partial charge in [0.2, 0.25) is 11.8 Å². The summed E-state index contributed by atoms with van der Waals surface area (Å²) < 4.78 is 6.54. The summed E-state index contributed by atoms with van der Waals surface area (Å²) in [4.78, 5) is 29.1. The lowest BCUT2D eigenvalue weighted by atomic mass is 9.76. The Kier molecular flexibility index (Phi) is 5.84. The SMILES string of the molecule is CN(C)C(=O)CC1CC2(CCN(C(=O)C3CCCCC3)CC2)Oc2ccccc21. The molecule has 158 valence electrons. The summed E-state index contributed by atoms with van der Waals surface area (Å²) in [6.07, 6.45) is 8.84. The molecule has 2 heterocycles. The molecule has 3 aliphatic rings. The number of fused-ring (bicyclic) bond motifs is 1. The Hall–Kier alpha value is -2.04. The molecular weight excluding hydrogens is 364 g/mol. The van der Waals surface area contributed by atoms with Gasteiger partial charge in [-0.3, -0.25) is 9.59 Å². The molecule has 2 amide bonds. The standard InChI is InChI=1S/C24H34N2O3/c1-25(2)22(27)16-19-17-24(29-21-11-7-6-10-20(19)21)12-14-26(15-13-24)23(28)18-8-4-3-5-9-18/h6-7,10-11,18-19H,3-5,8-9,12-17H2,1-2H3. The number of carbonyl (C=O) groups excluding carboxylic acids is 2. The molecule has 5 heteroatoms. The van der Waals surface area contributed by atoms with Gasteiger partial charge in [0, 0.05) is 58.3 Å². The summed E-state index contributed by atoms with van der Waals surface area (Å²) in [6.45, 7) is 1.54. The van der Waals surface area contributed by atoms with Crippen LogP contribution in [0.4, 0.5) is 0 Å². The Morgan fingerprint density at radius 3 is 2.48 bits per heavy atom. The number of amides is 2. The van der Waals surface area contributed by atoms with Crippen LogP contribution in [-0.4, -0.2) is 54.4 Å². The van der Waals surface area contributed by atoms with Crippen molar-refractivity contribution in [3.63, 3.8) is 0 Å². The van der Waals surface area contributed by atoms with Gasteiger partial charge in [0.05, 0.1) is 0 Å². The first-order valence-corrected chi connectivity index (χ1v) is 11.2. The lowest BCUT2D eigenvalue weighted by Crippen LogP contribution is -2.53. The van der Waals surface area contributed by atoms with Gasteiger partial charge in [-0.25, -0.2) is 0 Å². The fraction of sp³-hybridized carbons (Fsp3) is 0.667. The average molecular weight is 399 g/mol. The first kappa shape index (κ1) is 20.2. The number of carbonyl (C=O) groups is 2. The minimum absolute atomic E-state index is 0.159. The van der Waals surface area contributed by atoms with Crippen LogP contribution in [-0.2, 0) is 9.59 Å². The molecule has 1 aromatic rings. The number of piperidine rings is 1. The van der Waals surface area contributed by atoms with Crippen molar-refractivity contribution in [2.24, 2.45) is 5.92 Å². The Balaban J connectivity index is 1.46. The minimum Gasteiger partial charge on any atom is -0.487 e. The number of ether oxygens (including phenoxy) is 1. The summed E-state index contributed by atoms with van der Waals surface area (Å²) in [5.74, 6) is 1.84. The predicted octanol–water partition coefficient (Wildman–Crippen LogP) is 3.97. The molecule has 1 aromatic carbocycles. The van der Waals surface area contributed by atoms with Gasteiger partial charge in [0.1, 0.15) is 11.4 Å². The van der Waals surface area contributed by atoms with E-state index in [2.05, 4.69) is 11.0 Å². The maximum absolute atomic E-state index is 12.9. The molecule has 1 saturated carbocycles. The van der Waals surface area contributed by atoms with Crippen LogP contribution in [0, 0.1) is 5.92 Å². The van der Waals surface area contributed by atoms with E-state index in [1.807, 2.05) is 32.3 Å². The highest BCUT2D eigenvalue weighted by Gasteiger charge is 2.44. The molecule has 1 spiro atoms. The van der Waals surface area contributed by atoms with E-state index < -0.39 is 0 Å². The van der Waals surface area contributed by atoms with Gasteiger partial charge in [-0.15, -0.1) is 0 Å². The second-order valence-corrected chi connectivity index (χ2v) is 9.38. The Labute approximate surface area is 174 Å². The second-order valence-electron chi connectivity index (χ2n) is 9.38. The third-order valence-corrected chi connectivity index (χ3v) is 7.16. The van der Waals surface area contributed by atoms with Crippen LogP contribution in [0.25, 0.3) is 0 Å². The van der Waals surface area contributed by atoms with Gasteiger partial charge < -0.3 is 14.5 Å². The van der Waals surface area contributed by atoms with Gasteiger partial charge >= 0.3 is 0 Å². The Morgan fingerprint density at radius 1 is 1.10 bits per heavy atom. The zero-order valence-electron chi connectivity index (χ0n) is 17.9. The largest absolute Gasteiger partial charge is 0.487 e. The lowest BCUT2D eigenvalue weighted by molar-refractivity contribution is -0.140. The molecule has 29 heavy (non-hydrogen) atoms. The monoisotopic (exact) mass is 398 g/mol. The Morgan fingerprint density at radius 2 is 1.79 bits per heavy atom. The molecule has 0 radical (unpaired) electrons. The molecule has 2 aliphatic heterocycles. The fourth-order valence-electron chi connectivity index (χ4n) is 5.37. The quantitative estimate of drug-likeness (QED) is 0.774. The van der Waals surface area contributed by atoms with Crippen molar-refractivity contribution in [1.82, 2.24) is 9.80 Å². The smallest absolute Gasteiger partial charge is 0.225 e. The van der Waals surface area contributed by atoms with Crippen LogP contribution in [0.5, 0.6) is 5.75 Å². The van der Waals surface area contributed by atoms with Crippen LogP contribution in [0.15, 0.2) is 24.3 Å². The maximum atomic E-state index is 12.9. The van der Waals surface area contributed by atoms with Crippen LogP contribution in [0.3, 0.4) is 0 Å². The van der Waals surface area contributed by atoms with Crippen LogP contribution < -0.4 is 4.74 Å². The van der Waals surface area contributed by atoms with E-state index in [0.717, 1.165) is 56.5 Å². The molecule has 1 unspecified atom stereocenters. The summed E-state index contributed by atoms with van der Waals surface area (Å²) in [5, 5.41) is 0. The van der Waals surface area contributed by atoms with Crippen molar-refractivity contribution in [1.29, 1.82) is 0 Å². The number of likely N-dealkylation sites (tertiary alicyclic amines) is 1. The van der Waals surface area contributed by atoms with Gasteiger partial charge in [-0.1, -0.05) is 37.5 Å². The van der Waals surface area contributed by atoms with E-state index >= 15 is 0 Å². The summed E-state index contributed by atoms with van der Waals surface area (Å²) in [7, 11) is 3.64. The van der Waals surface area contributed by atoms with Crippen LogP contribution >= 0.6 is 0 Å². The van der Waals surface area contributed by atoms with E-state index in [-0.39, 0.29) is 23.3 Å². The van der Waals surface area contributed by atoms with Crippen LogP contribution in [0.1, 0.15) is 69.3 Å². The number of hydrogen-bond donors (Lipinski definition) is 0. The topological polar surface area (TPSA) is 49.9 Å². The zero-order chi connectivity index (χ0) is 20.4. The Bertz CT molecular complexity index is 746. The van der Waals surface area contributed by atoms with E-state index in [1.54, 1.807) is 4.90 Å². The number of para-hydroxylation sites is 1. The molecule has 5 nitrogen and oxygen atoms in total. The van der Waals surface area contributed by atoms with Gasteiger partial charge in [0.15, 0.2) is 0 Å². The highest BCUT2D eigenvalue weighted by molar-refractivity contribution is 5.79. The molecule has 2 fully saturated rings. The van der Waals surface area contributed by atoms with Gasteiger partial charge in [-0.2, -0.15) is 0 Å². The molecule has 0 aromatic heterocycles. The molecule has 0 N–H and O–H groups in total. The average Bonchev–Trinajstić information content (AvgIpc) is 2.74. The van der Waals surface area contributed by atoms with Gasteiger partial charge in [0.25, 0.3) is 0 Å². The molecular formula is C24H34N2O3. The van der Waals surface area contributed by atoms with E-state index in [0.29, 0.717) is 12.3 Å². The molecule has 4 rings (SSSR count). The summed E-state index contributed by atoms with van der Waals surface area (Å²) >= 11 is 0. The number of hydrogen-bond acceptors (Lipinski definition) is 3.